The lowest BCUT2D eigenvalue weighted by Gasteiger charge is -2.25. The van der Waals surface area contributed by atoms with Crippen LogP contribution in [0.15, 0.2) is 42.6 Å². The van der Waals surface area contributed by atoms with Crippen LogP contribution < -0.4 is 5.32 Å². The number of halogens is 1. The molecule has 0 amide bonds. The van der Waals surface area contributed by atoms with E-state index in [2.05, 4.69) is 10.3 Å². The Morgan fingerprint density at radius 2 is 2.14 bits per heavy atom. The number of hydrogen-bond acceptors (Lipinski definition) is 5. The normalized spacial score (nSPS) is 12.2. The molecular formula is C15H17FN4O2. The zero-order valence-electron chi connectivity index (χ0n) is 12.4. The second-order valence-corrected chi connectivity index (χ2v) is 5.07. The van der Waals surface area contributed by atoms with Crippen LogP contribution >= 0.6 is 0 Å². The summed E-state index contributed by atoms with van der Waals surface area (Å²) in [5, 5.41) is 13.7. The highest BCUT2D eigenvalue weighted by Crippen LogP contribution is 2.20. The molecule has 0 saturated carbocycles. The maximum absolute atomic E-state index is 13.4. The molecule has 1 atom stereocenters. The van der Waals surface area contributed by atoms with E-state index in [9.17, 15) is 14.5 Å². The van der Waals surface area contributed by atoms with Gasteiger partial charge >= 0.3 is 0 Å². The first-order chi connectivity index (χ1) is 10.5. The number of pyridine rings is 1. The smallest absolute Gasteiger partial charge is 0.287 e. The summed E-state index contributed by atoms with van der Waals surface area (Å²) in [6.45, 7) is 0.501. The summed E-state index contributed by atoms with van der Waals surface area (Å²) in [6.07, 6.45) is 1.20. The number of nitro groups is 1. The van der Waals surface area contributed by atoms with Crippen molar-refractivity contribution in [2.75, 3.05) is 26.0 Å². The van der Waals surface area contributed by atoms with E-state index in [4.69, 9.17) is 0 Å². The molecule has 2 aromatic rings. The summed E-state index contributed by atoms with van der Waals surface area (Å²) in [5.41, 5.74) is 0.791. The lowest BCUT2D eigenvalue weighted by atomic mass is 10.1. The predicted molar refractivity (Wildman–Crippen MR) is 82.2 cm³/mol. The van der Waals surface area contributed by atoms with Crippen molar-refractivity contribution in [2.45, 2.75) is 6.04 Å². The highest BCUT2D eigenvalue weighted by atomic mass is 19.1. The number of nitrogens with zero attached hydrogens (tertiary/aromatic N) is 3. The van der Waals surface area contributed by atoms with Crippen LogP contribution in [-0.2, 0) is 0 Å². The van der Waals surface area contributed by atoms with Gasteiger partial charge in [-0.05, 0) is 37.9 Å². The van der Waals surface area contributed by atoms with Crippen molar-refractivity contribution < 1.29 is 9.31 Å². The number of likely N-dealkylation sites (N-methyl/N-ethyl adjacent to an activating group) is 1. The summed E-state index contributed by atoms with van der Waals surface area (Å²) in [6, 6.07) is 9.33. The highest BCUT2D eigenvalue weighted by Gasteiger charge is 2.15. The van der Waals surface area contributed by atoms with Crippen molar-refractivity contribution in [3.8, 4) is 0 Å². The Labute approximate surface area is 127 Å². The monoisotopic (exact) mass is 304 g/mol. The minimum absolute atomic E-state index is 0.0484. The van der Waals surface area contributed by atoms with Gasteiger partial charge in [-0.25, -0.2) is 9.37 Å². The van der Waals surface area contributed by atoms with Crippen LogP contribution in [0.1, 0.15) is 11.6 Å². The number of rotatable bonds is 6. The van der Waals surface area contributed by atoms with Crippen LogP contribution in [0, 0.1) is 15.9 Å². The van der Waals surface area contributed by atoms with Gasteiger partial charge in [-0.15, -0.1) is 0 Å². The second kappa shape index (κ2) is 6.95. The summed E-state index contributed by atoms with van der Waals surface area (Å²) in [7, 11) is 3.81. The fourth-order valence-corrected chi connectivity index (χ4v) is 2.11. The highest BCUT2D eigenvalue weighted by molar-refractivity contribution is 5.40. The Balaban J connectivity index is 2.07. The van der Waals surface area contributed by atoms with Gasteiger partial charge in [-0.1, -0.05) is 12.1 Å². The van der Waals surface area contributed by atoms with Gasteiger partial charge < -0.3 is 10.2 Å². The Morgan fingerprint density at radius 1 is 1.36 bits per heavy atom. The average Bonchev–Trinajstić information content (AvgIpc) is 2.47. The quantitative estimate of drug-likeness (QED) is 0.656. The minimum Gasteiger partial charge on any atom is -0.368 e. The molecule has 7 heteroatoms. The first-order valence-corrected chi connectivity index (χ1v) is 6.73. The fraction of sp³-hybridized carbons (Fsp3) is 0.267. The summed E-state index contributed by atoms with van der Waals surface area (Å²) in [4.78, 5) is 16.1. The molecule has 0 aliphatic heterocycles. The molecular weight excluding hydrogens is 287 g/mol. The molecule has 0 aliphatic rings. The molecule has 2 rings (SSSR count). The molecule has 116 valence electrons. The molecule has 1 heterocycles. The van der Waals surface area contributed by atoms with Gasteiger partial charge in [-0.3, -0.25) is 10.1 Å². The van der Waals surface area contributed by atoms with Crippen molar-refractivity contribution in [3.05, 3.63) is 64.1 Å². The van der Waals surface area contributed by atoms with Crippen LogP contribution in [0.4, 0.5) is 15.9 Å². The van der Waals surface area contributed by atoms with Gasteiger partial charge in [0.05, 0.1) is 11.0 Å². The summed E-state index contributed by atoms with van der Waals surface area (Å²) >= 11 is 0. The van der Waals surface area contributed by atoms with E-state index >= 15 is 0 Å². The summed E-state index contributed by atoms with van der Waals surface area (Å²) < 4.78 is 13.4. The topological polar surface area (TPSA) is 71.3 Å². The van der Waals surface area contributed by atoms with Crippen molar-refractivity contribution in [2.24, 2.45) is 0 Å². The molecule has 1 unspecified atom stereocenters. The first kappa shape index (κ1) is 15.8. The van der Waals surface area contributed by atoms with Crippen molar-refractivity contribution in [1.82, 2.24) is 9.88 Å². The van der Waals surface area contributed by atoms with Gasteiger partial charge in [-0.2, -0.15) is 0 Å². The van der Waals surface area contributed by atoms with Crippen LogP contribution in [0.3, 0.4) is 0 Å². The zero-order valence-corrected chi connectivity index (χ0v) is 12.4. The third-order valence-corrected chi connectivity index (χ3v) is 3.29. The van der Waals surface area contributed by atoms with E-state index in [-0.39, 0.29) is 17.5 Å². The van der Waals surface area contributed by atoms with E-state index in [1.54, 1.807) is 12.1 Å². The van der Waals surface area contributed by atoms with E-state index in [0.717, 1.165) is 5.56 Å². The number of anilines is 1. The Hall–Kier alpha value is -2.54. The van der Waals surface area contributed by atoms with Gasteiger partial charge in [0.25, 0.3) is 5.69 Å². The van der Waals surface area contributed by atoms with E-state index < -0.39 is 4.92 Å². The van der Waals surface area contributed by atoms with Gasteiger partial charge in [0.15, 0.2) is 0 Å². The molecule has 1 aromatic carbocycles. The van der Waals surface area contributed by atoms with E-state index in [1.807, 2.05) is 25.1 Å². The number of aromatic nitrogens is 1. The maximum atomic E-state index is 13.4. The lowest BCUT2D eigenvalue weighted by Crippen LogP contribution is -2.27. The maximum Gasteiger partial charge on any atom is 0.287 e. The molecule has 0 fully saturated rings. The Kier molecular flexibility index (Phi) is 5.00. The lowest BCUT2D eigenvalue weighted by molar-refractivity contribution is -0.385. The minimum atomic E-state index is -0.494. The Morgan fingerprint density at radius 3 is 2.68 bits per heavy atom. The second-order valence-electron chi connectivity index (χ2n) is 5.07. The van der Waals surface area contributed by atoms with Gasteiger partial charge in [0.2, 0.25) is 0 Å². The number of benzene rings is 1. The molecule has 6 nitrogen and oxygen atoms in total. The molecule has 1 aromatic heterocycles. The van der Waals surface area contributed by atoms with Crippen LogP contribution in [-0.4, -0.2) is 35.4 Å². The first-order valence-electron chi connectivity index (χ1n) is 6.73. The van der Waals surface area contributed by atoms with Crippen LogP contribution in [0.25, 0.3) is 0 Å². The molecule has 0 bridgehead atoms. The van der Waals surface area contributed by atoms with Gasteiger partial charge in [0.1, 0.15) is 17.8 Å². The van der Waals surface area contributed by atoms with Crippen LogP contribution in [0.5, 0.6) is 0 Å². The molecule has 1 N–H and O–H groups in total. The van der Waals surface area contributed by atoms with E-state index in [1.165, 1.54) is 24.4 Å². The molecule has 0 spiro atoms. The third kappa shape index (κ3) is 3.98. The number of nitrogens with one attached hydrogen (secondary N) is 1. The van der Waals surface area contributed by atoms with Crippen LogP contribution in [0.2, 0.25) is 0 Å². The molecule has 22 heavy (non-hydrogen) atoms. The molecule has 0 aliphatic carbocycles. The fourth-order valence-electron chi connectivity index (χ4n) is 2.11. The number of hydrogen-bond donors (Lipinski definition) is 1. The van der Waals surface area contributed by atoms with Gasteiger partial charge in [0, 0.05) is 12.6 Å². The predicted octanol–water partition coefficient (Wildman–Crippen LogP) is 2.84. The molecule has 0 radical (unpaired) electrons. The van der Waals surface area contributed by atoms with Crippen molar-refractivity contribution in [3.63, 3.8) is 0 Å². The van der Waals surface area contributed by atoms with E-state index in [0.29, 0.717) is 12.4 Å². The largest absolute Gasteiger partial charge is 0.368 e. The zero-order chi connectivity index (χ0) is 16.1. The standard InChI is InChI=1S/C15H17FN4O2/c1-19(2)14(11-4-3-5-12(16)8-11)10-18-15-7-6-13(9-17-15)20(21)22/h3-9,14H,10H2,1-2H3,(H,17,18). The van der Waals surface area contributed by atoms with Crippen molar-refractivity contribution in [1.29, 1.82) is 0 Å². The molecule has 0 saturated heterocycles. The summed E-state index contributed by atoms with van der Waals surface area (Å²) in [5.74, 6) is 0.256. The Bertz CT molecular complexity index is 646. The SMILES string of the molecule is CN(C)C(CNc1ccc([N+](=O)[O-])cn1)c1cccc(F)c1. The van der Waals surface area contributed by atoms with Crippen molar-refractivity contribution >= 4 is 11.5 Å². The third-order valence-electron chi connectivity index (χ3n) is 3.29. The average molecular weight is 304 g/mol.